The highest BCUT2D eigenvalue weighted by molar-refractivity contribution is 7.89. The van der Waals surface area contributed by atoms with Crippen molar-refractivity contribution in [2.24, 2.45) is 11.0 Å². The molecule has 0 aromatic heterocycles. The SMILES string of the molecule is NNc1ccc(C(=O)c2ccccc2)c(C(=O)c2ccc(Cl)c(S(N)(=O)=O)c2)c1[N+](=O)[O-]. The highest BCUT2D eigenvalue weighted by Gasteiger charge is 2.32. The second kappa shape index (κ2) is 8.85. The van der Waals surface area contributed by atoms with E-state index < -0.39 is 42.7 Å². The number of carbonyl (C=O) groups excluding carboxylic acids is 2. The number of benzene rings is 3. The fourth-order valence-corrected chi connectivity index (χ4v) is 4.14. The summed E-state index contributed by atoms with van der Waals surface area (Å²) in [6.07, 6.45) is 0. The highest BCUT2D eigenvalue weighted by atomic mass is 35.5. The van der Waals surface area contributed by atoms with E-state index in [4.69, 9.17) is 22.6 Å². The Morgan fingerprint density at radius 3 is 2.19 bits per heavy atom. The van der Waals surface area contributed by atoms with E-state index in [1.165, 1.54) is 30.3 Å². The Morgan fingerprint density at radius 1 is 0.969 bits per heavy atom. The van der Waals surface area contributed by atoms with Crippen LogP contribution in [0.1, 0.15) is 31.8 Å². The molecule has 0 fully saturated rings. The van der Waals surface area contributed by atoms with Gasteiger partial charge in [0.05, 0.1) is 9.95 Å². The van der Waals surface area contributed by atoms with Gasteiger partial charge in [0.25, 0.3) is 0 Å². The monoisotopic (exact) mass is 474 g/mol. The van der Waals surface area contributed by atoms with Gasteiger partial charge in [0.1, 0.15) is 16.1 Å². The summed E-state index contributed by atoms with van der Waals surface area (Å²) < 4.78 is 23.6. The van der Waals surface area contributed by atoms with Gasteiger partial charge in [-0.2, -0.15) is 0 Å². The van der Waals surface area contributed by atoms with Crippen LogP contribution < -0.4 is 16.4 Å². The summed E-state index contributed by atoms with van der Waals surface area (Å²) >= 11 is 5.86. The van der Waals surface area contributed by atoms with Crippen LogP contribution in [0, 0.1) is 10.1 Å². The maximum atomic E-state index is 13.4. The van der Waals surface area contributed by atoms with E-state index in [-0.39, 0.29) is 27.4 Å². The number of rotatable bonds is 7. The van der Waals surface area contributed by atoms with E-state index >= 15 is 0 Å². The third kappa shape index (κ3) is 4.36. The van der Waals surface area contributed by atoms with Crippen molar-refractivity contribution in [3.05, 3.63) is 98.1 Å². The largest absolute Gasteiger partial charge is 0.318 e. The van der Waals surface area contributed by atoms with Crippen LogP contribution in [-0.4, -0.2) is 24.9 Å². The van der Waals surface area contributed by atoms with Crippen LogP contribution >= 0.6 is 11.6 Å². The number of ketones is 2. The molecule has 0 saturated heterocycles. The lowest BCUT2D eigenvalue weighted by Gasteiger charge is -2.13. The summed E-state index contributed by atoms with van der Waals surface area (Å²) in [7, 11) is -4.30. The van der Waals surface area contributed by atoms with Crippen LogP contribution in [0.25, 0.3) is 0 Å². The number of nitro benzene ring substituents is 1. The fourth-order valence-electron chi connectivity index (χ4n) is 3.07. The quantitative estimate of drug-likeness (QED) is 0.202. The van der Waals surface area contributed by atoms with Crippen molar-refractivity contribution < 1.29 is 22.9 Å². The summed E-state index contributed by atoms with van der Waals surface area (Å²) in [5.74, 6) is 3.73. The van der Waals surface area contributed by atoms with Crippen molar-refractivity contribution in [3.8, 4) is 0 Å². The summed E-state index contributed by atoms with van der Waals surface area (Å²) in [6.45, 7) is 0. The lowest BCUT2D eigenvalue weighted by Crippen LogP contribution is -2.18. The molecular weight excluding hydrogens is 460 g/mol. The van der Waals surface area contributed by atoms with Crippen LogP contribution in [0.3, 0.4) is 0 Å². The summed E-state index contributed by atoms with van der Waals surface area (Å²) in [5, 5.41) is 16.7. The maximum Gasteiger partial charge on any atom is 0.305 e. The number of nitrogen functional groups attached to an aromatic ring is 1. The predicted octanol–water partition coefficient (Wildman–Crippen LogP) is 2.64. The molecule has 0 atom stereocenters. The Hall–Kier alpha value is -3.64. The van der Waals surface area contributed by atoms with E-state index in [9.17, 15) is 28.1 Å². The zero-order valence-electron chi connectivity index (χ0n) is 16.1. The minimum Gasteiger partial charge on any atom is -0.318 e. The first-order valence-electron chi connectivity index (χ1n) is 8.81. The van der Waals surface area contributed by atoms with E-state index in [1.807, 2.05) is 0 Å². The molecule has 12 heteroatoms. The molecule has 0 heterocycles. The second-order valence-electron chi connectivity index (χ2n) is 6.50. The summed E-state index contributed by atoms with van der Waals surface area (Å²) in [4.78, 5) is 36.9. The molecule has 0 bridgehead atoms. The molecule has 5 N–H and O–H groups in total. The average molecular weight is 475 g/mol. The zero-order valence-corrected chi connectivity index (χ0v) is 17.7. The van der Waals surface area contributed by atoms with E-state index in [0.717, 1.165) is 12.1 Å². The van der Waals surface area contributed by atoms with Gasteiger partial charge in [-0.25, -0.2) is 13.6 Å². The number of hydrazine groups is 1. The molecule has 0 spiro atoms. The Balaban J connectivity index is 2.32. The molecule has 164 valence electrons. The maximum absolute atomic E-state index is 13.4. The smallest absolute Gasteiger partial charge is 0.305 e. The first-order valence-corrected chi connectivity index (χ1v) is 10.7. The molecule has 0 unspecified atom stereocenters. The predicted molar refractivity (Wildman–Crippen MR) is 117 cm³/mol. The summed E-state index contributed by atoms with van der Waals surface area (Å²) in [5.41, 5.74) is 0.243. The number of nitrogens with zero attached hydrogens (tertiary/aromatic N) is 1. The van der Waals surface area contributed by atoms with Crippen molar-refractivity contribution in [3.63, 3.8) is 0 Å². The van der Waals surface area contributed by atoms with Crippen LogP contribution in [0.2, 0.25) is 5.02 Å². The Morgan fingerprint density at radius 2 is 1.62 bits per heavy atom. The minimum atomic E-state index is -4.30. The molecule has 0 radical (unpaired) electrons. The van der Waals surface area contributed by atoms with Crippen LogP contribution in [0.5, 0.6) is 0 Å². The van der Waals surface area contributed by atoms with Crippen molar-refractivity contribution in [2.75, 3.05) is 5.43 Å². The van der Waals surface area contributed by atoms with Crippen LogP contribution in [0.15, 0.2) is 65.6 Å². The van der Waals surface area contributed by atoms with Gasteiger partial charge in [-0.15, -0.1) is 0 Å². The molecule has 32 heavy (non-hydrogen) atoms. The third-order valence-corrected chi connectivity index (χ3v) is 5.92. The molecule has 3 rings (SSSR count). The average Bonchev–Trinajstić information content (AvgIpc) is 2.77. The van der Waals surface area contributed by atoms with Gasteiger partial charge in [-0.1, -0.05) is 41.9 Å². The standard InChI is InChI=1S/C20H15ClN4O6S/c21-14-8-6-12(10-16(14)32(23,30)31)20(27)17-13(19(26)11-4-2-1-3-5-11)7-9-15(24-22)18(17)25(28)29/h1-10,24H,22H2,(H2,23,30,31). The molecule has 3 aromatic rings. The topological polar surface area (TPSA) is 175 Å². The molecule has 0 aliphatic heterocycles. The minimum absolute atomic E-state index is 0.186. The number of halogens is 1. The van der Waals surface area contributed by atoms with Gasteiger partial charge < -0.3 is 5.43 Å². The van der Waals surface area contributed by atoms with Gasteiger partial charge in [0.2, 0.25) is 15.8 Å². The normalized spacial score (nSPS) is 11.1. The Bertz CT molecular complexity index is 1360. The number of nitrogens with one attached hydrogen (secondary N) is 1. The number of carbonyl (C=O) groups is 2. The van der Waals surface area contributed by atoms with Gasteiger partial charge in [0.15, 0.2) is 5.78 Å². The number of hydrogen-bond acceptors (Lipinski definition) is 8. The number of primary sulfonamides is 1. The molecule has 0 saturated carbocycles. The Labute approximate surface area is 187 Å². The molecule has 0 amide bonds. The first-order chi connectivity index (χ1) is 15.1. The van der Waals surface area contributed by atoms with Gasteiger partial charge in [-0.3, -0.25) is 25.5 Å². The Kier molecular flexibility index (Phi) is 6.37. The fraction of sp³-hybridized carbons (Fsp3) is 0. The van der Waals surface area contributed by atoms with Gasteiger partial charge in [0, 0.05) is 16.7 Å². The number of hydrogen-bond donors (Lipinski definition) is 3. The zero-order chi connectivity index (χ0) is 23.6. The number of anilines is 1. The van der Waals surface area contributed by atoms with Crippen molar-refractivity contribution in [1.82, 2.24) is 0 Å². The van der Waals surface area contributed by atoms with Crippen molar-refractivity contribution >= 4 is 44.6 Å². The van der Waals surface area contributed by atoms with E-state index in [0.29, 0.717) is 0 Å². The van der Waals surface area contributed by atoms with E-state index in [2.05, 4.69) is 5.43 Å². The van der Waals surface area contributed by atoms with Crippen LogP contribution in [-0.2, 0) is 10.0 Å². The number of nitro groups is 1. The third-order valence-electron chi connectivity index (χ3n) is 4.52. The lowest BCUT2D eigenvalue weighted by molar-refractivity contribution is -0.384. The molecule has 0 aliphatic carbocycles. The van der Waals surface area contributed by atoms with Gasteiger partial charge >= 0.3 is 5.69 Å². The first kappa shape index (κ1) is 23.0. The molecule has 0 aliphatic rings. The summed E-state index contributed by atoms with van der Waals surface area (Å²) in [6, 6.07) is 13.4. The lowest BCUT2D eigenvalue weighted by atomic mass is 9.91. The number of sulfonamides is 1. The van der Waals surface area contributed by atoms with Crippen molar-refractivity contribution in [2.45, 2.75) is 4.90 Å². The van der Waals surface area contributed by atoms with Gasteiger partial charge in [-0.05, 0) is 30.3 Å². The highest BCUT2D eigenvalue weighted by Crippen LogP contribution is 2.34. The van der Waals surface area contributed by atoms with Crippen LogP contribution in [0.4, 0.5) is 11.4 Å². The second-order valence-corrected chi connectivity index (χ2v) is 8.44. The number of nitrogens with two attached hydrogens (primary N) is 2. The van der Waals surface area contributed by atoms with E-state index in [1.54, 1.807) is 18.2 Å². The molecular formula is C20H15ClN4O6S. The molecule has 3 aromatic carbocycles. The van der Waals surface area contributed by atoms with Crippen molar-refractivity contribution in [1.29, 1.82) is 0 Å². The molecule has 10 nitrogen and oxygen atoms in total.